The molecule has 0 aromatic carbocycles. The molecule has 0 aliphatic rings. The van der Waals surface area contributed by atoms with Crippen LogP contribution in [0.4, 0.5) is 11.5 Å². The number of nitrogens with zero attached hydrogens (tertiary/aromatic N) is 1. The molecule has 0 radical (unpaired) electrons. The number of nitrogens with one attached hydrogen (secondary N) is 2. The molecule has 1 heterocycles. The zero-order chi connectivity index (χ0) is 12.1. The standard InChI is InChI=1S/C11H15N3O2/c1-7(2)11(16)14-10-5-4-9(6-12-10)13-8(3)15/h4-7H,1-3H3,(H,13,15)(H,12,14,16). The van der Waals surface area contributed by atoms with Crippen molar-refractivity contribution < 1.29 is 9.59 Å². The van der Waals surface area contributed by atoms with Crippen LogP contribution in [0.2, 0.25) is 0 Å². The van der Waals surface area contributed by atoms with Gasteiger partial charge in [0.05, 0.1) is 11.9 Å². The van der Waals surface area contributed by atoms with Crippen molar-refractivity contribution in [3.8, 4) is 0 Å². The molecule has 1 aromatic rings. The number of pyridine rings is 1. The van der Waals surface area contributed by atoms with Gasteiger partial charge in [0.1, 0.15) is 5.82 Å². The van der Waals surface area contributed by atoms with E-state index in [9.17, 15) is 9.59 Å². The average Bonchev–Trinajstić information content (AvgIpc) is 2.20. The molecule has 0 bridgehead atoms. The van der Waals surface area contributed by atoms with Gasteiger partial charge in [-0.05, 0) is 12.1 Å². The van der Waals surface area contributed by atoms with Crippen molar-refractivity contribution in [2.75, 3.05) is 10.6 Å². The molecule has 86 valence electrons. The third-order valence-corrected chi connectivity index (χ3v) is 1.86. The molecule has 16 heavy (non-hydrogen) atoms. The molecule has 0 aliphatic heterocycles. The molecule has 0 aliphatic carbocycles. The van der Waals surface area contributed by atoms with Crippen LogP contribution in [-0.4, -0.2) is 16.8 Å². The third kappa shape index (κ3) is 3.68. The van der Waals surface area contributed by atoms with Crippen molar-refractivity contribution in [2.24, 2.45) is 5.92 Å². The minimum Gasteiger partial charge on any atom is -0.325 e. The van der Waals surface area contributed by atoms with Gasteiger partial charge < -0.3 is 10.6 Å². The second kappa shape index (κ2) is 5.25. The van der Waals surface area contributed by atoms with Crippen LogP contribution in [-0.2, 0) is 9.59 Å². The normalized spacial score (nSPS) is 10.0. The summed E-state index contributed by atoms with van der Waals surface area (Å²) in [6, 6.07) is 3.33. The first-order chi connectivity index (χ1) is 7.49. The summed E-state index contributed by atoms with van der Waals surface area (Å²) in [4.78, 5) is 26.1. The van der Waals surface area contributed by atoms with Gasteiger partial charge in [0.2, 0.25) is 11.8 Å². The molecule has 0 unspecified atom stereocenters. The lowest BCUT2D eigenvalue weighted by Crippen LogP contribution is -2.18. The van der Waals surface area contributed by atoms with Crippen molar-refractivity contribution in [1.29, 1.82) is 0 Å². The van der Waals surface area contributed by atoms with Crippen LogP contribution < -0.4 is 10.6 Å². The third-order valence-electron chi connectivity index (χ3n) is 1.86. The van der Waals surface area contributed by atoms with Gasteiger partial charge in [-0.1, -0.05) is 13.8 Å². The molecule has 0 fully saturated rings. The molecule has 2 amide bonds. The molecule has 0 atom stereocenters. The minimum atomic E-state index is -0.152. The fourth-order valence-corrected chi connectivity index (χ4v) is 1.02. The van der Waals surface area contributed by atoms with E-state index in [1.807, 2.05) is 0 Å². The lowest BCUT2D eigenvalue weighted by atomic mass is 10.2. The van der Waals surface area contributed by atoms with Crippen LogP contribution >= 0.6 is 0 Å². The highest BCUT2D eigenvalue weighted by molar-refractivity contribution is 5.92. The van der Waals surface area contributed by atoms with Gasteiger partial charge in [-0.2, -0.15) is 0 Å². The maximum Gasteiger partial charge on any atom is 0.228 e. The van der Waals surface area contributed by atoms with E-state index in [0.29, 0.717) is 11.5 Å². The summed E-state index contributed by atoms with van der Waals surface area (Å²) in [5.74, 6) is 0.158. The quantitative estimate of drug-likeness (QED) is 0.815. The van der Waals surface area contributed by atoms with Crippen molar-refractivity contribution in [3.63, 3.8) is 0 Å². The van der Waals surface area contributed by atoms with Crippen molar-refractivity contribution in [2.45, 2.75) is 20.8 Å². The van der Waals surface area contributed by atoms with E-state index < -0.39 is 0 Å². The molecule has 1 rings (SSSR count). The summed E-state index contributed by atoms with van der Waals surface area (Å²) in [5, 5.41) is 5.25. The average molecular weight is 221 g/mol. The Kier molecular flexibility index (Phi) is 3.99. The summed E-state index contributed by atoms with van der Waals surface area (Å²) in [5.41, 5.74) is 0.607. The Morgan fingerprint density at radius 3 is 2.38 bits per heavy atom. The highest BCUT2D eigenvalue weighted by Gasteiger charge is 2.07. The van der Waals surface area contributed by atoms with Crippen LogP contribution in [0.1, 0.15) is 20.8 Å². The first kappa shape index (κ1) is 12.2. The summed E-state index contributed by atoms with van der Waals surface area (Å²) in [7, 11) is 0. The van der Waals surface area contributed by atoms with Gasteiger partial charge in [0.25, 0.3) is 0 Å². The van der Waals surface area contributed by atoms with Crippen LogP contribution in [0.5, 0.6) is 0 Å². The smallest absolute Gasteiger partial charge is 0.228 e. The van der Waals surface area contributed by atoms with Crippen molar-refractivity contribution >= 4 is 23.3 Å². The first-order valence-electron chi connectivity index (χ1n) is 5.03. The van der Waals surface area contributed by atoms with Gasteiger partial charge in [-0.3, -0.25) is 9.59 Å². The fraction of sp³-hybridized carbons (Fsp3) is 0.364. The number of amides is 2. The molecule has 0 saturated carbocycles. The Balaban J connectivity index is 2.64. The molecule has 5 nitrogen and oxygen atoms in total. The monoisotopic (exact) mass is 221 g/mol. The van der Waals surface area contributed by atoms with E-state index in [1.165, 1.54) is 13.1 Å². The Labute approximate surface area is 94.3 Å². The Bertz CT molecular complexity index is 385. The first-order valence-corrected chi connectivity index (χ1v) is 5.03. The van der Waals surface area contributed by atoms with E-state index in [0.717, 1.165) is 0 Å². The van der Waals surface area contributed by atoms with E-state index >= 15 is 0 Å². The predicted octanol–water partition coefficient (Wildman–Crippen LogP) is 1.63. The van der Waals surface area contributed by atoms with Crippen LogP contribution in [0, 0.1) is 5.92 Å². The Morgan fingerprint density at radius 2 is 1.94 bits per heavy atom. The number of rotatable bonds is 3. The second-order valence-electron chi connectivity index (χ2n) is 3.76. The number of anilines is 2. The number of hydrogen-bond donors (Lipinski definition) is 2. The number of carbonyl (C=O) groups is 2. The molecule has 5 heteroatoms. The zero-order valence-electron chi connectivity index (χ0n) is 9.57. The van der Waals surface area contributed by atoms with Crippen LogP contribution in [0.15, 0.2) is 18.3 Å². The number of aromatic nitrogens is 1. The highest BCUT2D eigenvalue weighted by Crippen LogP contribution is 2.10. The van der Waals surface area contributed by atoms with E-state index in [-0.39, 0.29) is 17.7 Å². The van der Waals surface area contributed by atoms with E-state index in [4.69, 9.17) is 0 Å². The van der Waals surface area contributed by atoms with E-state index in [1.54, 1.807) is 26.0 Å². The molecule has 1 aromatic heterocycles. The molecule has 2 N–H and O–H groups in total. The zero-order valence-corrected chi connectivity index (χ0v) is 9.57. The van der Waals surface area contributed by atoms with Gasteiger partial charge in [-0.15, -0.1) is 0 Å². The summed E-state index contributed by atoms with van der Waals surface area (Å²) >= 11 is 0. The molecule has 0 spiro atoms. The number of carbonyl (C=O) groups excluding carboxylic acids is 2. The summed E-state index contributed by atoms with van der Waals surface area (Å²) < 4.78 is 0. The second-order valence-corrected chi connectivity index (χ2v) is 3.76. The maximum atomic E-state index is 11.4. The minimum absolute atomic E-state index is 0.0835. The number of hydrogen-bond acceptors (Lipinski definition) is 3. The topological polar surface area (TPSA) is 71.1 Å². The van der Waals surface area contributed by atoms with Gasteiger partial charge in [-0.25, -0.2) is 4.98 Å². The van der Waals surface area contributed by atoms with Crippen molar-refractivity contribution in [1.82, 2.24) is 4.98 Å². The maximum absolute atomic E-state index is 11.4. The Morgan fingerprint density at radius 1 is 1.25 bits per heavy atom. The SMILES string of the molecule is CC(=O)Nc1ccc(NC(=O)C(C)C)nc1. The lowest BCUT2D eigenvalue weighted by molar-refractivity contribution is -0.119. The van der Waals surface area contributed by atoms with Gasteiger partial charge in [0.15, 0.2) is 0 Å². The predicted molar refractivity (Wildman–Crippen MR) is 62.0 cm³/mol. The van der Waals surface area contributed by atoms with Crippen molar-refractivity contribution in [3.05, 3.63) is 18.3 Å². The molecule has 0 saturated heterocycles. The van der Waals surface area contributed by atoms with E-state index in [2.05, 4.69) is 15.6 Å². The Hall–Kier alpha value is -1.91. The van der Waals surface area contributed by atoms with Crippen LogP contribution in [0.25, 0.3) is 0 Å². The fourth-order valence-electron chi connectivity index (χ4n) is 1.02. The van der Waals surface area contributed by atoms with Gasteiger partial charge in [0, 0.05) is 12.8 Å². The largest absolute Gasteiger partial charge is 0.325 e. The van der Waals surface area contributed by atoms with Crippen LogP contribution in [0.3, 0.4) is 0 Å². The lowest BCUT2D eigenvalue weighted by Gasteiger charge is -2.07. The summed E-state index contributed by atoms with van der Waals surface area (Å²) in [6.45, 7) is 5.04. The molecular formula is C11H15N3O2. The highest BCUT2D eigenvalue weighted by atomic mass is 16.2. The summed E-state index contributed by atoms with van der Waals surface area (Å²) in [6.07, 6.45) is 1.50. The van der Waals surface area contributed by atoms with Gasteiger partial charge >= 0.3 is 0 Å². The molecular weight excluding hydrogens is 206 g/mol.